The Bertz CT molecular complexity index is 986. The van der Waals surface area contributed by atoms with Crippen LogP contribution in [0.2, 0.25) is 0 Å². The molecule has 0 saturated carbocycles. The Morgan fingerprint density at radius 2 is 1.93 bits per heavy atom. The van der Waals surface area contributed by atoms with Crippen molar-refractivity contribution in [3.63, 3.8) is 0 Å². The maximum Gasteiger partial charge on any atom is 0.244 e. The van der Waals surface area contributed by atoms with Gasteiger partial charge in [-0.3, -0.25) is 9.59 Å². The number of imidazole rings is 1. The molecule has 1 heterocycles. The van der Waals surface area contributed by atoms with Crippen molar-refractivity contribution >= 4 is 40.3 Å². The Morgan fingerprint density at radius 1 is 1.18 bits per heavy atom. The van der Waals surface area contributed by atoms with Gasteiger partial charge in [0.05, 0.1) is 35.5 Å². The van der Waals surface area contributed by atoms with Crippen LogP contribution in [0.1, 0.15) is 12.2 Å². The third-order valence-corrected chi connectivity index (χ3v) is 4.62. The van der Waals surface area contributed by atoms with Crippen molar-refractivity contribution < 1.29 is 14.3 Å². The molecule has 0 saturated heterocycles. The second-order valence-corrected chi connectivity index (χ2v) is 7.01. The zero-order chi connectivity index (χ0) is 19.9. The number of para-hydroxylation sites is 4. The Morgan fingerprint density at radius 3 is 2.71 bits per heavy atom. The van der Waals surface area contributed by atoms with E-state index in [0.29, 0.717) is 11.4 Å². The molecule has 0 fully saturated rings. The molecule has 3 aromatic rings. The van der Waals surface area contributed by atoms with Gasteiger partial charge in [0.15, 0.2) is 0 Å². The molecule has 3 N–H and O–H groups in total. The number of nitrogens with two attached hydrogens (primary N) is 1. The Balaban J connectivity index is 1.75. The molecule has 0 aliphatic rings. The quantitative estimate of drug-likeness (QED) is 0.577. The summed E-state index contributed by atoms with van der Waals surface area (Å²) >= 11 is 1.66. The minimum atomic E-state index is -0.435. The number of hydrogen-bond acceptors (Lipinski definition) is 5. The van der Waals surface area contributed by atoms with E-state index in [2.05, 4.69) is 10.3 Å². The van der Waals surface area contributed by atoms with Crippen molar-refractivity contribution in [3.05, 3.63) is 54.4 Å². The van der Waals surface area contributed by atoms with Gasteiger partial charge in [0.2, 0.25) is 11.8 Å². The highest BCUT2D eigenvalue weighted by Crippen LogP contribution is 2.24. The summed E-state index contributed by atoms with van der Waals surface area (Å²) in [6.07, 6.45) is 2.12. The number of nitrogens with one attached hydrogen (secondary N) is 1. The van der Waals surface area contributed by atoms with Crippen molar-refractivity contribution in [1.29, 1.82) is 0 Å². The van der Waals surface area contributed by atoms with Gasteiger partial charge in [0.25, 0.3) is 0 Å². The fraction of sp³-hybridized carbons (Fsp3) is 0.250. The van der Waals surface area contributed by atoms with Crippen LogP contribution in [0.5, 0.6) is 5.75 Å². The number of nitrogens with zero attached hydrogens (tertiary/aromatic N) is 2. The van der Waals surface area contributed by atoms with Crippen LogP contribution in [-0.2, 0) is 21.9 Å². The van der Waals surface area contributed by atoms with Gasteiger partial charge in [-0.05, 0) is 30.5 Å². The van der Waals surface area contributed by atoms with Crippen LogP contribution >= 0.6 is 11.8 Å². The van der Waals surface area contributed by atoms with Crippen molar-refractivity contribution in [1.82, 2.24) is 9.55 Å². The number of fused-ring (bicyclic) bond motifs is 1. The summed E-state index contributed by atoms with van der Waals surface area (Å²) in [4.78, 5) is 28.2. The standard InChI is InChI=1S/C20H22N4O3S/c1-28-13-19-22-14-6-2-4-8-16(14)24(19)12-20(26)23-15-7-3-5-9-17(15)27-11-10-18(21)25/h2-9H,10-13H2,1H3,(H2,21,25)(H,23,26). The van der Waals surface area contributed by atoms with Crippen LogP contribution in [0, 0.1) is 0 Å². The molecular weight excluding hydrogens is 376 g/mol. The summed E-state index contributed by atoms with van der Waals surface area (Å²) < 4.78 is 7.51. The Hall–Kier alpha value is -3.00. The van der Waals surface area contributed by atoms with E-state index in [0.717, 1.165) is 22.6 Å². The number of rotatable bonds is 9. The molecule has 28 heavy (non-hydrogen) atoms. The lowest BCUT2D eigenvalue weighted by atomic mass is 10.3. The largest absolute Gasteiger partial charge is 0.491 e. The maximum absolute atomic E-state index is 12.7. The lowest BCUT2D eigenvalue weighted by Gasteiger charge is -2.13. The maximum atomic E-state index is 12.7. The van der Waals surface area contributed by atoms with E-state index in [1.165, 1.54) is 0 Å². The highest BCUT2D eigenvalue weighted by Gasteiger charge is 2.14. The number of aromatic nitrogens is 2. The van der Waals surface area contributed by atoms with Gasteiger partial charge >= 0.3 is 0 Å². The summed E-state index contributed by atoms with van der Waals surface area (Å²) in [5.41, 5.74) is 7.48. The van der Waals surface area contributed by atoms with Crippen LogP contribution in [-0.4, -0.2) is 34.2 Å². The second-order valence-electron chi connectivity index (χ2n) is 6.15. The Labute approximate surface area is 167 Å². The number of primary amides is 1. The van der Waals surface area contributed by atoms with E-state index in [-0.39, 0.29) is 25.5 Å². The molecule has 0 atom stereocenters. The molecule has 7 nitrogen and oxygen atoms in total. The average Bonchev–Trinajstić information content (AvgIpc) is 3.00. The van der Waals surface area contributed by atoms with E-state index in [4.69, 9.17) is 10.5 Å². The second kappa shape index (κ2) is 9.27. The third kappa shape index (κ3) is 4.83. The third-order valence-electron chi connectivity index (χ3n) is 4.08. The molecule has 0 unspecified atom stereocenters. The fourth-order valence-electron chi connectivity index (χ4n) is 2.83. The summed E-state index contributed by atoms with van der Waals surface area (Å²) in [5, 5.41) is 2.89. The first kappa shape index (κ1) is 19.8. The summed E-state index contributed by atoms with van der Waals surface area (Å²) in [5.74, 6) is 1.45. The molecule has 3 rings (SSSR count). The monoisotopic (exact) mass is 398 g/mol. The molecule has 2 aromatic carbocycles. The van der Waals surface area contributed by atoms with Crippen LogP contribution in [0.3, 0.4) is 0 Å². The van der Waals surface area contributed by atoms with Crippen LogP contribution in [0.25, 0.3) is 11.0 Å². The number of anilines is 1. The highest BCUT2D eigenvalue weighted by molar-refractivity contribution is 7.97. The number of carbonyl (C=O) groups excluding carboxylic acids is 2. The molecule has 0 radical (unpaired) electrons. The first-order valence-electron chi connectivity index (χ1n) is 8.81. The minimum Gasteiger partial charge on any atom is -0.491 e. The Kier molecular flexibility index (Phi) is 6.54. The lowest BCUT2D eigenvalue weighted by Crippen LogP contribution is -2.21. The first-order chi connectivity index (χ1) is 13.6. The fourth-order valence-corrected chi connectivity index (χ4v) is 3.31. The first-order valence-corrected chi connectivity index (χ1v) is 10.2. The van der Waals surface area contributed by atoms with Crippen molar-refractivity contribution in [2.24, 2.45) is 5.73 Å². The smallest absolute Gasteiger partial charge is 0.244 e. The van der Waals surface area contributed by atoms with Gasteiger partial charge in [0.1, 0.15) is 18.1 Å². The van der Waals surface area contributed by atoms with E-state index in [9.17, 15) is 9.59 Å². The molecule has 146 valence electrons. The van der Waals surface area contributed by atoms with E-state index in [1.807, 2.05) is 41.2 Å². The van der Waals surface area contributed by atoms with Gasteiger partial charge in [-0.1, -0.05) is 24.3 Å². The number of carbonyl (C=O) groups is 2. The molecular formula is C20H22N4O3S. The summed E-state index contributed by atoms with van der Waals surface area (Å²) in [7, 11) is 0. The predicted molar refractivity (Wildman–Crippen MR) is 111 cm³/mol. The SMILES string of the molecule is CSCc1nc2ccccc2n1CC(=O)Nc1ccccc1OCCC(N)=O. The van der Waals surface area contributed by atoms with E-state index >= 15 is 0 Å². The van der Waals surface area contributed by atoms with E-state index < -0.39 is 5.91 Å². The number of amides is 2. The molecule has 2 amide bonds. The van der Waals surface area contributed by atoms with Crippen LogP contribution in [0.4, 0.5) is 5.69 Å². The van der Waals surface area contributed by atoms with Crippen molar-refractivity contribution in [2.45, 2.75) is 18.7 Å². The minimum absolute atomic E-state index is 0.112. The topological polar surface area (TPSA) is 99.2 Å². The molecule has 0 aliphatic carbocycles. The normalized spacial score (nSPS) is 10.8. The predicted octanol–water partition coefficient (Wildman–Crippen LogP) is 2.79. The summed E-state index contributed by atoms with van der Waals surface area (Å²) in [6, 6.07) is 14.9. The zero-order valence-electron chi connectivity index (χ0n) is 15.6. The van der Waals surface area contributed by atoms with Crippen molar-refractivity contribution in [2.75, 3.05) is 18.2 Å². The van der Waals surface area contributed by atoms with Gasteiger partial charge in [-0.2, -0.15) is 11.8 Å². The molecule has 0 spiro atoms. The number of thioether (sulfide) groups is 1. The number of benzene rings is 2. The van der Waals surface area contributed by atoms with Gasteiger partial charge in [-0.15, -0.1) is 0 Å². The van der Waals surface area contributed by atoms with Gasteiger partial charge in [-0.25, -0.2) is 4.98 Å². The van der Waals surface area contributed by atoms with Crippen LogP contribution < -0.4 is 15.8 Å². The molecule has 0 aliphatic heterocycles. The summed E-state index contributed by atoms with van der Waals surface area (Å²) in [6.45, 7) is 0.304. The van der Waals surface area contributed by atoms with Crippen LogP contribution in [0.15, 0.2) is 48.5 Å². The molecule has 1 aromatic heterocycles. The average molecular weight is 398 g/mol. The lowest BCUT2D eigenvalue weighted by molar-refractivity contribution is -0.118. The zero-order valence-corrected chi connectivity index (χ0v) is 16.4. The van der Waals surface area contributed by atoms with E-state index in [1.54, 1.807) is 30.0 Å². The van der Waals surface area contributed by atoms with Gasteiger partial charge < -0.3 is 20.4 Å². The molecule has 8 heteroatoms. The van der Waals surface area contributed by atoms with Gasteiger partial charge in [0, 0.05) is 0 Å². The highest BCUT2D eigenvalue weighted by atomic mass is 32.2. The molecule has 0 bridgehead atoms. The van der Waals surface area contributed by atoms with Crippen molar-refractivity contribution in [3.8, 4) is 5.75 Å². The number of hydrogen-bond donors (Lipinski definition) is 2. The number of ether oxygens (including phenoxy) is 1.